The monoisotopic (exact) mass is 299 g/mol. The lowest BCUT2D eigenvalue weighted by Gasteiger charge is -2.23. The van der Waals surface area contributed by atoms with Crippen LogP contribution in [-0.2, 0) is 11.3 Å². The van der Waals surface area contributed by atoms with Crippen molar-refractivity contribution in [1.82, 2.24) is 15.8 Å². The Labute approximate surface area is 130 Å². The molecule has 0 aliphatic carbocycles. The molecular formula is C17H21N3O2. The van der Waals surface area contributed by atoms with Crippen LogP contribution in [0.4, 0.5) is 0 Å². The average Bonchev–Trinajstić information content (AvgIpc) is 3.16. The van der Waals surface area contributed by atoms with Gasteiger partial charge in [0.25, 0.3) is 0 Å². The third-order valence-electron chi connectivity index (χ3n) is 4.02. The van der Waals surface area contributed by atoms with Crippen LogP contribution in [-0.4, -0.2) is 24.4 Å². The molecule has 5 heteroatoms. The summed E-state index contributed by atoms with van der Waals surface area (Å²) in [6, 6.07) is 13.9. The van der Waals surface area contributed by atoms with E-state index in [2.05, 4.69) is 10.9 Å². The van der Waals surface area contributed by atoms with Gasteiger partial charge in [0.1, 0.15) is 11.5 Å². The number of amides is 1. The molecule has 0 saturated carbocycles. The third kappa shape index (κ3) is 3.05. The molecule has 1 fully saturated rings. The molecule has 5 nitrogen and oxygen atoms in total. The highest BCUT2D eigenvalue weighted by Crippen LogP contribution is 2.26. The molecule has 0 bridgehead atoms. The summed E-state index contributed by atoms with van der Waals surface area (Å²) in [5.74, 6) is 1.66. The highest BCUT2D eigenvalue weighted by molar-refractivity contribution is 5.80. The van der Waals surface area contributed by atoms with Gasteiger partial charge in [-0.1, -0.05) is 30.3 Å². The van der Waals surface area contributed by atoms with E-state index in [1.54, 1.807) is 4.90 Å². The number of hydrogen-bond donors (Lipinski definition) is 2. The second kappa shape index (κ2) is 6.34. The molecule has 1 aliphatic rings. The zero-order valence-corrected chi connectivity index (χ0v) is 12.9. The number of nitrogens with one attached hydrogen (secondary N) is 2. The SMILES string of the molecule is Cc1ccc(CN(C)C(=O)C2CNNC2c2ccccc2)o1. The Balaban J connectivity index is 1.70. The van der Waals surface area contributed by atoms with Crippen LogP contribution in [0.1, 0.15) is 23.1 Å². The van der Waals surface area contributed by atoms with Gasteiger partial charge < -0.3 is 9.32 Å². The molecule has 1 amide bonds. The maximum absolute atomic E-state index is 12.7. The van der Waals surface area contributed by atoms with E-state index in [0.717, 1.165) is 17.1 Å². The van der Waals surface area contributed by atoms with Crippen LogP contribution < -0.4 is 10.9 Å². The highest BCUT2D eigenvalue weighted by Gasteiger charge is 2.35. The minimum absolute atomic E-state index is 0.00510. The number of hydrogen-bond acceptors (Lipinski definition) is 4. The van der Waals surface area contributed by atoms with E-state index >= 15 is 0 Å². The van der Waals surface area contributed by atoms with Crippen molar-refractivity contribution in [2.45, 2.75) is 19.5 Å². The molecule has 2 N–H and O–H groups in total. The maximum atomic E-state index is 12.7. The number of carbonyl (C=O) groups is 1. The van der Waals surface area contributed by atoms with Crippen LogP contribution in [0.15, 0.2) is 46.9 Å². The van der Waals surface area contributed by atoms with Gasteiger partial charge in [-0.05, 0) is 24.6 Å². The van der Waals surface area contributed by atoms with Crippen LogP contribution in [0.5, 0.6) is 0 Å². The van der Waals surface area contributed by atoms with E-state index in [1.807, 2.05) is 56.4 Å². The van der Waals surface area contributed by atoms with Crippen molar-refractivity contribution in [2.24, 2.45) is 5.92 Å². The largest absolute Gasteiger partial charge is 0.464 e. The molecule has 3 rings (SSSR count). The van der Waals surface area contributed by atoms with Crippen molar-refractivity contribution in [3.8, 4) is 0 Å². The van der Waals surface area contributed by atoms with E-state index in [4.69, 9.17) is 4.42 Å². The van der Waals surface area contributed by atoms with Crippen LogP contribution in [0, 0.1) is 12.8 Å². The fourth-order valence-corrected chi connectivity index (χ4v) is 2.87. The summed E-state index contributed by atoms with van der Waals surface area (Å²) < 4.78 is 5.55. The summed E-state index contributed by atoms with van der Waals surface area (Å²) in [6.07, 6.45) is 0. The molecule has 0 radical (unpaired) electrons. The number of aryl methyl sites for hydroxylation is 1. The van der Waals surface area contributed by atoms with Crippen molar-refractivity contribution in [3.05, 3.63) is 59.5 Å². The zero-order chi connectivity index (χ0) is 15.5. The number of carbonyl (C=O) groups excluding carboxylic acids is 1. The Kier molecular flexibility index (Phi) is 4.27. The molecule has 22 heavy (non-hydrogen) atoms. The standard InChI is InChI=1S/C17H21N3O2/c1-12-8-9-14(22-12)11-20(2)17(21)15-10-18-19-16(15)13-6-4-3-5-7-13/h3-9,15-16,18-19H,10-11H2,1-2H3. The van der Waals surface area contributed by atoms with Gasteiger partial charge in [0.05, 0.1) is 18.5 Å². The summed E-state index contributed by atoms with van der Waals surface area (Å²) in [4.78, 5) is 14.5. The van der Waals surface area contributed by atoms with E-state index < -0.39 is 0 Å². The molecular weight excluding hydrogens is 278 g/mol. The fraction of sp³-hybridized carbons (Fsp3) is 0.353. The van der Waals surface area contributed by atoms with E-state index in [9.17, 15) is 4.79 Å². The number of rotatable bonds is 4. The van der Waals surface area contributed by atoms with Crippen molar-refractivity contribution in [1.29, 1.82) is 0 Å². The Morgan fingerprint density at radius 1 is 1.27 bits per heavy atom. The van der Waals surface area contributed by atoms with Gasteiger partial charge in [0, 0.05) is 13.6 Å². The van der Waals surface area contributed by atoms with Gasteiger partial charge in [0.15, 0.2) is 0 Å². The lowest BCUT2D eigenvalue weighted by atomic mass is 9.94. The molecule has 1 aromatic heterocycles. The molecule has 2 atom stereocenters. The Morgan fingerprint density at radius 3 is 2.73 bits per heavy atom. The quantitative estimate of drug-likeness (QED) is 0.907. The predicted molar refractivity (Wildman–Crippen MR) is 83.7 cm³/mol. The Hall–Kier alpha value is -2.11. The highest BCUT2D eigenvalue weighted by atomic mass is 16.3. The summed E-state index contributed by atoms with van der Waals surface area (Å²) >= 11 is 0. The second-order valence-corrected chi connectivity index (χ2v) is 5.73. The number of furan rings is 1. The van der Waals surface area contributed by atoms with E-state index in [1.165, 1.54) is 0 Å². The number of hydrazine groups is 1. The van der Waals surface area contributed by atoms with Gasteiger partial charge in [-0.3, -0.25) is 10.2 Å². The van der Waals surface area contributed by atoms with Crippen molar-refractivity contribution in [2.75, 3.05) is 13.6 Å². The molecule has 2 unspecified atom stereocenters. The summed E-state index contributed by atoms with van der Waals surface area (Å²) in [6.45, 7) is 3.02. The van der Waals surface area contributed by atoms with Gasteiger partial charge >= 0.3 is 0 Å². The first-order chi connectivity index (χ1) is 10.6. The first kappa shape index (κ1) is 14.8. The molecule has 1 saturated heterocycles. The Morgan fingerprint density at radius 2 is 2.05 bits per heavy atom. The molecule has 2 heterocycles. The van der Waals surface area contributed by atoms with Crippen molar-refractivity contribution in [3.63, 3.8) is 0 Å². The molecule has 1 aromatic carbocycles. The van der Waals surface area contributed by atoms with E-state index in [-0.39, 0.29) is 17.9 Å². The van der Waals surface area contributed by atoms with Crippen molar-refractivity contribution >= 4 is 5.91 Å². The smallest absolute Gasteiger partial charge is 0.229 e. The minimum atomic E-state index is -0.122. The summed E-state index contributed by atoms with van der Waals surface area (Å²) in [7, 11) is 1.82. The lowest BCUT2D eigenvalue weighted by Crippen LogP contribution is -2.36. The molecule has 1 aliphatic heterocycles. The van der Waals surface area contributed by atoms with Crippen molar-refractivity contribution < 1.29 is 9.21 Å². The summed E-state index contributed by atoms with van der Waals surface area (Å²) in [5, 5.41) is 0. The zero-order valence-electron chi connectivity index (χ0n) is 12.9. The average molecular weight is 299 g/mol. The van der Waals surface area contributed by atoms with Gasteiger partial charge in [-0.25, -0.2) is 5.43 Å². The summed E-state index contributed by atoms with van der Waals surface area (Å²) in [5.41, 5.74) is 7.43. The fourth-order valence-electron chi connectivity index (χ4n) is 2.87. The molecule has 0 spiro atoms. The van der Waals surface area contributed by atoms with Crippen LogP contribution in [0.2, 0.25) is 0 Å². The third-order valence-corrected chi connectivity index (χ3v) is 4.02. The maximum Gasteiger partial charge on any atom is 0.229 e. The number of benzene rings is 1. The molecule has 2 aromatic rings. The van der Waals surface area contributed by atoms with Gasteiger partial charge in [-0.15, -0.1) is 0 Å². The van der Waals surface area contributed by atoms with Crippen LogP contribution >= 0.6 is 0 Å². The van der Waals surface area contributed by atoms with Gasteiger partial charge in [0.2, 0.25) is 5.91 Å². The number of nitrogens with zero attached hydrogens (tertiary/aromatic N) is 1. The lowest BCUT2D eigenvalue weighted by molar-refractivity contribution is -0.134. The normalized spacial score (nSPS) is 21.0. The Bertz CT molecular complexity index is 638. The van der Waals surface area contributed by atoms with Crippen LogP contribution in [0.3, 0.4) is 0 Å². The van der Waals surface area contributed by atoms with E-state index in [0.29, 0.717) is 13.1 Å². The van der Waals surface area contributed by atoms with Crippen LogP contribution in [0.25, 0.3) is 0 Å². The minimum Gasteiger partial charge on any atom is -0.464 e. The van der Waals surface area contributed by atoms with Gasteiger partial charge in [-0.2, -0.15) is 0 Å². The predicted octanol–water partition coefficient (Wildman–Crippen LogP) is 2.01. The topological polar surface area (TPSA) is 57.5 Å². The first-order valence-corrected chi connectivity index (χ1v) is 7.49. The first-order valence-electron chi connectivity index (χ1n) is 7.49. The molecule has 116 valence electrons. The second-order valence-electron chi connectivity index (χ2n) is 5.73.